The summed E-state index contributed by atoms with van der Waals surface area (Å²) >= 11 is 0. The van der Waals surface area contributed by atoms with Crippen molar-refractivity contribution in [2.24, 2.45) is 0 Å². The van der Waals surface area contributed by atoms with Crippen LogP contribution < -0.4 is 10.6 Å². The number of hydrogen-bond acceptors (Lipinski definition) is 3. The van der Waals surface area contributed by atoms with Crippen LogP contribution in [0.4, 0.5) is 5.69 Å². The largest absolute Gasteiger partial charge is 0.351 e. The van der Waals surface area contributed by atoms with Crippen LogP contribution >= 0.6 is 0 Å². The van der Waals surface area contributed by atoms with Crippen molar-refractivity contribution >= 4 is 29.2 Å². The zero-order valence-corrected chi connectivity index (χ0v) is 16.1. The second-order valence-corrected chi connectivity index (χ2v) is 6.62. The lowest BCUT2D eigenvalue weighted by Crippen LogP contribution is -2.34. The Morgan fingerprint density at radius 1 is 1.22 bits per heavy atom. The van der Waals surface area contributed by atoms with E-state index in [9.17, 15) is 9.59 Å². The highest BCUT2D eigenvalue weighted by molar-refractivity contribution is 6.34. The minimum atomic E-state index is -0.133. The van der Waals surface area contributed by atoms with Crippen LogP contribution in [-0.2, 0) is 4.79 Å². The summed E-state index contributed by atoms with van der Waals surface area (Å²) in [5, 5.41) is 5.81. The maximum Gasteiger partial charge on any atom is 0.267 e. The number of fused-ring (bicyclic) bond motifs is 1. The minimum absolute atomic E-state index is 0.129. The molecule has 6 heteroatoms. The number of nitrogens with zero attached hydrogens (tertiary/aromatic N) is 1. The van der Waals surface area contributed by atoms with Crippen molar-refractivity contribution in [3.05, 3.63) is 52.8 Å². The average molecular weight is 366 g/mol. The molecule has 0 unspecified atom stereocenters. The summed E-state index contributed by atoms with van der Waals surface area (Å²) < 4.78 is 0. The molecule has 2 heterocycles. The summed E-state index contributed by atoms with van der Waals surface area (Å²) in [5.74, 6) is -0.262. The van der Waals surface area contributed by atoms with E-state index in [1.807, 2.05) is 43.3 Å². The topological polar surface area (TPSA) is 77.2 Å². The number of aromatic amines is 1. The van der Waals surface area contributed by atoms with Gasteiger partial charge in [-0.3, -0.25) is 9.59 Å². The van der Waals surface area contributed by atoms with Crippen LogP contribution in [0.25, 0.3) is 11.6 Å². The molecular formula is C21H26N4O2. The molecule has 0 aliphatic carbocycles. The molecule has 0 saturated carbocycles. The number of aromatic nitrogens is 1. The SMILES string of the molecule is CCN(CC)CCNC(=O)c1cc(C)c(/C=C2\C(=O)Nc3ccccc32)[nH]1. The van der Waals surface area contributed by atoms with E-state index in [0.29, 0.717) is 17.8 Å². The highest BCUT2D eigenvalue weighted by Crippen LogP contribution is 2.32. The Labute approximate surface area is 159 Å². The zero-order valence-electron chi connectivity index (χ0n) is 16.1. The highest BCUT2D eigenvalue weighted by atomic mass is 16.2. The van der Waals surface area contributed by atoms with Crippen LogP contribution in [0.2, 0.25) is 0 Å². The number of likely N-dealkylation sites (N-methyl/N-ethyl adjacent to an activating group) is 1. The molecule has 1 aliphatic rings. The summed E-state index contributed by atoms with van der Waals surface area (Å²) in [6, 6.07) is 9.41. The third-order valence-electron chi connectivity index (χ3n) is 4.91. The smallest absolute Gasteiger partial charge is 0.267 e. The van der Waals surface area contributed by atoms with Gasteiger partial charge in [-0.25, -0.2) is 0 Å². The first-order valence-corrected chi connectivity index (χ1v) is 9.36. The Balaban J connectivity index is 1.73. The van der Waals surface area contributed by atoms with E-state index >= 15 is 0 Å². The van der Waals surface area contributed by atoms with Gasteiger partial charge in [-0.05, 0) is 43.8 Å². The molecule has 0 spiro atoms. The first-order valence-electron chi connectivity index (χ1n) is 9.36. The Bertz CT molecular complexity index is 878. The lowest BCUT2D eigenvalue weighted by Gasteiger charge is -2.17. The van der Waals surface area contributed by atoms with E-state index in [0.717, 1.165) is 42.1 Å². The molecule has 0 saturated heterocycles. The van der Waals surface area contributed by atoms with Crippen molar-refractivity contribution in [2.45, 2.75) is 20.8 Å². The Morgan fingerprint density at radius 2 is 1.96 bits per heavy atom. The van der Waals surface area contributed by atoms with Gasteiger partial charge < -0.3 is 20.5 Å². The summed E-state index contributed by atoms with van der Waals surface area (Å²) in [4.78, 5) is 30.1. The number of carbonyl (C=O) groups excluding carboxylic acids is 2. The normalized spacial score (nSPS) is 14.5. The maximum atomic E-state index is 12.4. The van der Waals surface area contributed by atoms with Gasteiger partial charge in [0.2, 0.25) is 0 Å². The molecule has 0 radical (unpaired) electrons. The average Bonchev–Trinajstić information content (AvgIpc) is 3.19. The molecule has 2 amide bonds. The Hall–Kier alpha value is -2.86. The van der Waals surface area contributed by atoms with Crippen LogP contribution in [-0.4, -0.2) is 47.9 Å². The number of para-hydroxylation sites is 1. The quantitative estimate of drug-likeness (QED) is 0.660. The molecule has 0 bridgehead atoms. The zero-order chi connectivity index (χ0) is 19.4. The molecule has 6 nitrogen and oxygen atoms in total. The highest BCUT2D eigenvalue weighted by Gasteiger charge is 2.24. The lowest BCUT2D eigenvalue weighted by atomic mass is 10.1. The van der Waals surface area contributed by atoms with E-state index in [4.69, 9.17) is 0 Å². The second kappa shape index (κ2) is 8.22. The van der Waals surface area contributed by atoms with Crippen LogP contribution in [0.1, 0.15) is 41.2 Å². The molecule has 1 aromatic heterocycles. The maximum absolute atomic E-state index is 12.4. The van der Waals surface area contributed by atoms with Gasteiger partial charge in [0.15, 0.2) is 0 Å². The minimum Gasteiger partial charge on any atom is -0.351 e. The van der Waals surface area contributed by atoms with Gasteiger partial charge in [-0.2, -0.15) is 0 Å². The van der Waals surface area contributed by atoms with Crippen molar-refractivity contribution in [1.82, 2.24) is 15.2 Å². The third kappa shape index (κ3) is 4.11. The van der Waals surface area contributed by atoms with E-state index in [2.05, 4.69) is 34.4 Å². The number of benzene rings is 1. The van der Waals surface area contributed by atoms with Gasteiger partial charge >= 0.3 is 0 Å². The number of rotatable bonds is 7. The molecule has 2 aromatic rings. The standard InChI is InChI=1S/C21H26N4O2/c1-4-25(5-2)11-10-22-21(27)19-12-14(3)18(23-19)13-16-15-8-6-7-9-17(15)24-20(16)26/h6-9,12-13,23H,4-5,10-11H2,1-3H3,(H,22,27)(H,24,26)/b16-13-. The summed E-state index contributed by atoms with van der Waals surface area (Å²) in [5.41, 5.74) is 4.49. The molecule has 142 valence electrons. The second-order valence-electron chi connectivity index (χ2n) is 6.62. The fourth-order valence-corrected chi connectivity index (χ4v) is 3.24. The van der Waals surface area contributed by atoms with E-state index in [1.165, 1.54) is 0 Å². The number of amides is 2. The van der Waals surface area contributed by atoms with Crippen molar-refractivity contribution in [2.75, 3.05) is 31.5 Å². The van der Waals surface area contributed by atoms with Crippen LogP contribution in [0.15, 0.2) is 30.3 Å². The molecule has 0 fully saturated rings. The number of nitrogens with one attached hydrogen (secondary N) is 3. The van der Waals surface area contributed by atoms with Crippen molar-refractivity contribution in [3.8, 4) is 0 Å². The van der Waals surface area contributed by atoms with E-state index in [1.54, 1.807) is 0 Å². The summed E-state index contributed by atoms with van der Waals surface area (Å²) in [6.07, 6.45) is 1.81. The van der Waals surface area contributed by atoms with Gasteiger partial charge in [0.25, 0.3) is 11.8 Å². The van der Waals surface area contributed by atoms with Crippen LogP contribution in [0.3, 0.4) is 0 Å². The molecule has 27 heavy (non-hydrogen) atoms. The first kappa shape index (κ1) is 18.9. The molecule has 3 N–H and O–H groups in total. The van der Waals surface area contributed by atoms with Gasteiger partial charge in [-0.15, -0.1) is 0 Å². The van der Waals surface area contributed by atoms with Crippen molar-refractivity contribution in [3.63, 3.8) is 0 Å². The number of hydrogen-bond donors (Lipinski definition) is 3. The monoisotopic (exact) mass is 366 g/mol. The predicted molar refractivity (Wildman–Crippen MR) is 109 cm³/mol. The molecule has 0 atom stereocenters. The number of carbonyl (C=O) groups is 2. The van der Waals surface area contributed by atoms with Gasteiger partial charge in [0.1, 0.15) is 5.69 Å². The lowest BCUT2D eigenvalue weighted by molar-refractivity contribution is -0.110. The number of anilines is 1. The van der Waals surface area contributed by atoms with Gasteiger partial charge in [-0.1, -0.05) is 32.0 Å². The predicted octanol–water partition coefficient (Wildman–Crippen LogP) is 2.89. The van der Waals surface area contributed by atoms with Gasteiger partial charge in [0.05, 0.1) is 5.57 Å². The summed E-state index contributed by atoms with van der Waals surface area (Å²) in [7, 11) is 0. The fourth-order valence-electron chi connectivity index (χ4n) is 3.24. The molecular weight excluding hydrogens is 340 g/mol. The molecule has 3 rings (SSSR count). The first-order chi connectivity index (χ1) is 13.0. The number of aryl methyl sites for hydroxylation is 1. The van der Waals surface area contributed by atoms with Crippen molar-refractivity contribution in [1.29, 1.82) is 0 Å². The third-order valence-corrected chi connectivity index (χ3v) is 4.91. The van der Waals surface area contributed by atoms with E-state index in [-0.39, 0.29) is 11.8 Å². The van der Waals surface area contributed by atoms with Crippen LogP contribution in [0, 0.1) is 6.92 Å². The van der Waals surface area contributed by atoms with Crippen molar-refractivity contribution < 1.29 is 9.59 Å². The van der Waals surface area contributed by atoms with Gasteiger partial charge in [0, 0.05) is 30.0 Å². The number of H-pyrrole nitrogens is 1. The van der Waals surface area contributed by atoms with E-state index < -0.39 is 0 Å². The fraction of sp³-hybridized carbons (Fsp3) is 0.333. The Kier molecular flexibility index (Phi) is 5.76. The Morgan fingerprint density at radius 3 is 2.70 bits per heavy atom. The molecule has 1 aliphatic heterocycles. The summed E-state index contributed by atoms with van der Waals surface area (Å²) in [6.45, 7) is 9.50. The van der Waals surface area contributed by atoms with Crippen LogP contribution in [0.5, 0.6) is 0 Å². The molecule has 1 aromatic carbocycles.